The third-order valence-electron chi connectivity index (χ3n) is 3.78. The lowest BCUT2D eigenvalue weighted by Gasteiger charge is -2.09. The highest BCUT2D eigenvalue weighted by Crippen LogP contribution is 2.23. The van der Waals surface area contributed by atoms with Crippen molar-refractivity contribution in [1.82, 2.24) is 14.8 Å². The Balaban J connectivity index is 1.63. The second kappa shape index (κ2) is 8.54. The van der Waals surface area contributed by atoms with Gasteiger partial charge in [-0.05, 0) is 43.7 Å². The van der Waals surface area contributed by atoms with Crippen molar-refractivity contribution in [2.24, 2.45) is 0 Å². The van der Waals surface area contributed by atoms with Gasteiger partial charge >= 0.3 is 0 Å². The zero-order chi connectivity index (χ0) is 17.6. The van der Waals surface area contributed by atoms with Crippen LogP contribution < -0.4 is 4.74 Å². The zero-order valence-electron chi connectivity index (χ0n) is 14.3. The molecule has 130 valence electrons. The third-order valence-corrected chi connectivity index (χ3v) is 5.35. The van der Waals surface area contributed by atoms with Crippen LogP contribution in [0.5, 0.6) is 5.75 Å². The first-order valence-electron chi connectivity index (χ1n) is 8.14. The Kier molecular flexibility index (Phi) is 6.15. The van der Waals surface area contributed by atoms with Crippen molar-refractivity contribution in [3.8, 4) is 5.75 Å². The van der Waals surface area contributed by atoms with Gasteiger partial charge in [0.1, 0.15) is 12.4 Å². The summed E-state index contributed by atoms with van der Waals surface area (Å²) in [5.41, 5.74) is 2.56. The molecular weight excluding hydrogens is 398 g/mol. The molecule has 0 radical (unpaired) electrons. The van der Waals surface area contributed by atoms with Crippen molar-refractivity contribution in [1.29, 1.82) is 0 Å². The van der Waals surface area contributed by atoms with Gasteiger partial charge in [0.25, 0.3) is 0 Å². The molecule has 0 atom stereocenters. The van der Waals surface area contributed by atoms with E-state index in [-0.39, 0.29) is 0 Å². The van der Waals surface area contributed by atoms with E-state index in [1.54, 1.807) is 11.8 Å². The van der Waals surface area contributed by atoms with E-state index in [2.05, 4.69) is 68.8 Å². The molecule has 3 aromatic rings. The van der Waals surface area contributed by atoms with E-state index in [0.29, 0.717) is 6.61 Å². The molecule has 1 aromatic heterocycles. The summed E-state index contributed by atoms with van der Waals surface area (Å²) in [6, 6.07) is 16.4. The van der Waals surface area contributed by atoms with E-state index < -0.39 is 0 Å². The van der Waals surface area contributed by atoms with Crippen molar-refractivity contribution < 1.29 is 4.74 Å². The molecule has 25 heavy (non-hydrogen) atoms. The van der Waals surface area contributed by atoms with Gasteiger partial charge in [-0.1, -0.05) is 57.5 Å². The highest BCUT2D eigenvalue weighted by Gasteiger charge is 2.12. The lowest BCUT2D eigenvalue weighted by molar-refractivity contribution is 0.288. The summed E-state index contributed by atoms with van der Waals surface area (Å²) in [6.45, 7) is 5.43. The number of ether oxygens (including phenoxy) is 1. The largest absolute Gasteiger partial charge is 0.486 e. The molecule has 0 spiro atoms. The second-order valence-corrected chi connectivity index (χ2v) is 7.52. The smallest absolute Gasteiger partial charge is 0.191 e. The minimum absolute atomic E-state index is 0.410. The fourth-order valence-electron chi connectivity index (χ4n) is 2.36. The molecular formula is C19H20BrN3OS. The Morgan fingerprint density at radius 1 is 1.04 bits per heavy atom. The molecule has 0 saturated carbocycles. The Morgan fingerprint density at radius 3 is 2.44 bits per heavy atom. The van der Waals surface area contributed by atoms with E-state index in [1.807, 2.05) is 24.3 Å². The summed E-state index contributed by atoms with van der Waals surface area (Å²) in [6.07, 6.45) is 0. The molecule has 0 amide bonds. The van der Waals surface area contributed by atoms with Crippen molar-refractivity contribution in [3.63, 3.8) is 0 Å². The van der Waals surface area contributed by atoms with Crippen LogP contribution in [-0.4, -0.2) is 14.8 Å². The highest BCUT2D eigenvalue weighted by molar-refractivity contribution is 9.10. The number of aryl methyl sites for hydroxylation is 1. The predicted molar refractivity (Wildman–Crippen MR) is 105 cm³/mol. The maximum atomic E-state index is 5.83. The SMILES string of the molecule is CCn1c(COc2ccc(Br)cc2)nnc1SCc1ccc(C)cc1. The Hall–Kier alpha value is -1.79. The normalized spacial score (nSPS) is 10.8. The number of thioether (sulfide) groups is 1. The second-order valence-electron chi connectivity index (χ2n) is 5.66. The van der Waals surface area contributed by atoms with Gasteiger partial charge in [-0.15, -0.1) is 10.2 Å². The van der Waals surface area contributed by atoms with Gasteiger partial charge in [0.15, 0.2) is 11.0 Å². The first kappa shape index (κ1) is 18.0. The molecule has 0 aliphatic carbocycles. The molecule has 4 nitrogen and oxygen atoms in total. The molecule has 6 heteroatoms. The number of hydrogen-bond donors (Lipinski definition) is 0. The average Bonchev–Trinajstić information content (AvgIpc) is 3.02. The first-order chi connectivity index (χ1) is 12.2. The van der Waals surface area contributed by atoms with Crippen LogP contribution in [0.3, 0.4) is 0 Å². The van der Waals surface area contributed by atoms with Crippen LogP contribution in [0.15, 0.2) is 58.2 Å². The van der Waals surface area contributed by atoms with Gasteiger partial charge in [0.05, 0.1) is 0 Å². The number of hydrogen-bond acceptors (Lipinski definition) is 4. The van der Waals surface area contributed by atoms with Crippen molar-refractivity contribution >= 4 is 27.7 Å². The van der Waals surface area contributed by atoms with Gasteiger partial charge in [-0.25, -0.2) is 0 Å². The summed E-state index contributed by atoms with van der Waals surface area (Å²) in [5, 5.41) is 9.57. The molecule has 1 heterocycles. The summed E-state index contributed by atoms with van der Waals surface area (Å²) in [5.74, 6) is 2.55. The molecule has 0 aliphatic heterocycles. The summed E-state index contributed by atoms with van der Waals surface area (Å²) in [4.78, 5) is 0. The number of aromatic nitrogens is 3. The van der Waals surface area contributed by atoms with E-state index in [4.69, 9.17) is 4.74 Å². The number of benzene rings is 2. The number of rotatable bonds is 7. The molecule has 0 bridgehead atoms. The van der Waals surface area contributed by atoms with Crippen LogP contribution >= 0.6 is 27.7 Å². The molecule has 0 N–H and O–H groups in total. The number of nitrogens with zero attached hydrogens (tertiary/aromatic N) is 3. The van der Waals surface area contributed by atoms with Gasteiger partial charge < -0.3 is 9.30 Å². The Bertz CT molecular complexity index is 749. The highest BCUT2D eigenvalue weighted by atomic mass is 79.9. The van der Waals surface area contributed by atoms with Gasteiger partial charge in [0.2, 0.25) is 0 Å². The first-order valence-corrected chi connectivity index (χ1v) is 9.92. The van der Waals surface area contributed by atoms with E-state index in [0.717, 1.165) is 33.5 Å². The molecule has 2 aromatic carbocycles. The topological polar surface area (TPSA) is 39.9 Å². The minimum Gasteiger partial charge on any atom is -0.486 e. The summed E-state index contributed by atoms with van der Waals surface area (Å²) in [7, 11) is 0. The minimum atomic E-state index is 0.410. The van der Waals surface area contributed by atoms with Gasteiger partial charge in [-0.2, -0.15) is 0 Å². The maximum absolute atomic E-state index is 5.83. The van der Waals surface area contributed by atoms with Crippen LogP contribution in [0.4, 0.5) is 0 Å². The Morgan fingerprint density at radius 2 is 1.76 bits per heavy atom. The van der Waals surface area contributed by atoms with E-state index in [9.17, 15) is 0 Å². The summed E-state index contributed by atoms with van der Waals surface area (Å²) < 4.78 is 8.97. The van der Waals surface area contributed by atoms with E-state index >= 15 is 0 Å². The van der Waals surface area contributed by atoms with Crippen LogP contribution in [0.2, 0.25) is 0 Å². The predicted octanol–water partition coefficient (Wildman–Crippen LogP) is 5.24. The fraction of sp³-hybridized carbons (Fsp3) is 0.263. The van der Waals surface area contributed by atoms with Crippen molar-refractivity contribution in [2.75, 3.05) is 0 Å². The van der Waals surface area contributed by atoms with Gasteiger partial charge in [0, 0.05) is 16.8 Å². The van der Waals surface area contributed by atoms with Crippen LogP contribution in [0.25, 0.3) is 0 Å². The van der Waals surface area contributed by atoms with Crippen molar-refractivity contribution in [2.45, 2.75) is 37.9 Å². The van der Waals surface area contributed by atoms with Crippen LogP contribution in [-0.2, 0) is 18.9 Å². The lowest BCUT2D eigenvalue weighted by atomic mass is 10.2. The molecule has 0 fully saturated rings. The Labute approximate surface area is 160 Å². The van der Waals surface area contributed by atoms with Crippen LogP contribution in [0.1, 0.15) is 23.9 Å². The molecule has 0 unspecified atom stereocenters. The zero-order valence-corrected chi connectivity index (χ0v) is 16.7. The third kappa shape index (κ3) is 4.86. The van der Waals surface area contributed by atoms with Crippen LogP contribution in [0, 0.1) is 6.92 Å². The number of halogens is 1. The average molecular weight is 418 g/mol. The van der Waals surface area contributed by atoms with E-state index in [1.165, 1.54) is 11.1 Å². The maximum Gasteiger partial charge on any atom is 0.191 e. The standard InChI is InChI=1S/C19H20BrN3OS/c1-3-23-18(12-24-17-10-8-16(20)9-11-17)21-22-19(23)25-13-15-6-4-14(2)5-7-15/h4-11H,3,12-13H2,1-2H3. The molecule has 0 saturated heterocycles. The quantitative estimate of drug-likeness (QED) is 0.492. The molecule has 3 rings (SSSR count). The lowest BCUT2D eigenvalue weighted by Crippen LogP contribution is -2.07. The fourth-order valence-corrected chi connectivity index (χ4v) is 3.60. The molecule has 0 aliphatic rings. The van der Waals surface area contributed by atoms with Crippen molar-refractivity contribution in [3.05, 3.63) is 70.0 Å². The van der Waals surface area contributed by atoms with Gasteiger partial charge in [-0.3, -0.25) is 0 Å². The summed E-state index contributed by atoms with van der Waals surface area (Å²) >= 11 is 5.13. The monoisotopic (exact) mass is 417 g/mol.